The van der Waals surface area contributed by atoms with Crippen molar-refractivity contribution in [3.63, 3.8) is 0 Å². The summed E-state index contributed by atoms with van der Waals surface area (Å²) in [7, 11) is 0. The third kappa shape index (κ3) is 21.0. The zero-order valence-electron chi connectivity index (χ0n) is 17.5. The molecule has 0 N–H and O–H groups in total. The van der Waals surface area contributed by atoms with E-state index in [4.69, 9.17) is 4.74 Å². The number of carbonyl (C=O) groups is 2. The van der Waals surface area contributed by atoms with Gasteiger partial charge in [-0.3, -0.25) is 9.59 Å². The molecule has 0 aromatic rings. The van der Waals surface area contributed by atoms with Gasteiger partial charge in [0.25, 0.3) is 0 Å². The standard InChI is InChI=1S/C21H37F3O4/c1-18(2)14-10-6-5-8-11-15-19(25)27-17-13-9-4-3-7-12-16-20(26)28-21(22,23)24/h18H,3-17H2,1-2H3. The molecule has 0 aliphatic carbocycles. The number of ether oxygens (including phenoxy) is 2. The van der Waals surface area contributed by atoms with Crippen LogP contribution in [0.2, 0.25) is 0 Å². The molecule has 7 heteroatoms. The second kappa shape index (κ2) is 16.7. The maximum absolute atomic E-state index is 11.8. The number of carbonyl (C=O) groups excluding carboxylic acids is 2. The molecule has 0 aromatic carbocycles. The molecule has 0 saturated carbocycles. The summed E-state index contributed by atoms with van der Waals surface area (Å²) in [6.07, 6.45) is 6.79. The van der Waals surface area contributed by atoms with Crippen LogP contribution in [0.3, 0.4) is 0 Å². The van der Waals surface area contributed by atoms with Crippen molar-refractivity contribution in [2.75, 3.05) is 6.61 Å². The molecule has 166 valence electrons. The van der Waals surface area contributed by atoms with Gasteiger partial charge in [-0.1, -0.05) is 71.6 Å². The van der Waals surface area contributed by atoms with E-state index in [0.29, 0.717) is 25.9 Å². The molecule has 4 nitrogen and oxygen atoms in total. The summed E-state index contributed by atoms with van der Waals surface area (Å²) in [4.78, 5) is 22.5. The van der Waals surface area contributed by atoms with Crippen LogP contribution in [-0.2, 0) is 19.1 Å². The molecule has 0 rings (SSSR count). The lowest BCUT2D eigenvalue weighted by molar-refractivity contribution is -0.305. The van der Waals surface area contributed by atoms with E-state index in [0.717, 1.165) is 44.4 Å². The Morgan fingerprint density at radius 2 is 1.18 bits per heavy atom. The SMILES string of the molecule is CC(C)CCCCCCCC(=O)OCCCCCCCCC(=O)OC(F)(F)F. The molecule has 0 bridgehead atoms. The Balaban J connectivity index is 3.31. The van der Waals surface area contributed by atoms with Gasteiger partial charge in [-0.05, 0) is 25.2 Å². The molecule has 0 fully saturated rings. The molecule has 0 spiro atoms. The van der Waals surface area contributed by atoms with Crippen LogP contribution < -0.4 is 0 Å². The van der Waals surface area contributed by atoms with Crippen molar-refractivity contribution in [2.24, 2.45) is 5.92 Å². The first-order chi connectivity index (χ1) is 13.2. The van der Waals surface area contributed by atoms with Gasteiger partial charge in [0.05, 0.1) is 6.61 Å². The lowest BCUT2D eigenvalue weighted by Crippen LogP contribution is -2.18. The van der Waals surface area contributed by atoms with Crippen molar-refractivity contribution >= 4 is 11.9 Å². The first-order valence-corrected chi connectivity index (χ1v) is 10.6. The van der Waals surface area contributed by atoms with Crippen LogP contribution in [-0.4, -0.2) is 24.9 Å². The minimum atomic E-state index is -4.89. The molecule has 0 aromatic heterocycles. The molecule has 0 atom stereocenters. The quantitative estimate of drug-likeness (QED) is 0.197. The van der Waals surface area contributed by atoms with Crippen LogP contribution in [0.5, 0.6) is 0 Å². The number of esters is 2. The summed E-state index contributed by atoms with van der Waals surface area (Å²) in [5.74, 6) is -0.600. The van der Waals surface area contributed by atoms with E-state index in [1.807, 2.05) is 0 Å². The van der Waals surface area contributed by atoms with Crippen molar-refractivity contribution < 1.29 is 32.2 Å². The van der Waals surface area contributed by atoms with Gasteiger partial charge in [0.15, 0.2) is 0 Å². The van der Waals surface area contributed by atoms with Gasteiger partial charge in [0, 0.05) is 12.8 Å². The minimum Gasteiger partial charge on any atom is -0.466 e. The molecular weight excluding hydrogens is 373 g/mol. The molecule has 0 radical (unpaired) electrons. The molecule has 0 saturated heterocycles. The topological polar surface area (TPSA) is 52.6 Å². The summed E-state index contributed by atoms with van der Waals surface area (Å²) < 4.78 is 43.9. The summed E-state index contributed by atoms with van der Waals surface area (Å²) in [6, 6.07) is 0. The van der Waals surface area contributed by atoms with E-state index in [1.165, 1.54) is 25.7 Å². The average molecular weight is 411 g/mol. The van der Waals surface area contributed by atoms with Gasteiger partial charge in [-0.25, -0.2) is 0 Å². The Morgan fingerprint density at radius 3 is 1.71 bits per heavy atom. The van der Waals surface area contributed by atoms with Gasteiger partial charge in [-0.2, -0.15) is 0 Å². The van der Waals surface area contributed by atoms with Gasteiger partial charge in [0.2, 0.25) is 0 Å². The number of halogens is 3. The summed E-state index contributed by atoms with van der Waals surface area (Å²) in [6.45, 7) is 4.89. The molecular formula is C21H37F3O4. The number of unbranched alkanes of at least 4 members (excludes halogenated alkanes) is 9. The summed E-state index contributed by atoms with van der Waals surface area (Å²) >= 11 is 0. The second-order valence-electron chi connectivity index (χ2n) is 7.71. The Hall–Kier alpha value is -1.27. The largest absolute Gasteiger partial charge is 0.575 e. The Labute approximate surface area is 167 Å². The van der Waals surface area contributed by atoms with E-state index in [1.54, 1.807) is 0 Å². The van der Waals surface area contributed by atoms with Crippen molar-refractivity contribution in [3.05, 3.63) is 0 Å². The van der Waals surface area contributed by atoms with Crippen LogP contribution in [0, 0.1) is 5.92 Å². The predicted molar refractivity (Wildman–Crippen MR) is 103 cm³/mol. The highest BCUT2D eigenvalue weighted by Crippen LogP contribution is 2.18. The summed E-state index contributed by atoms with van der Waals surface area (Å²) in [5.41, 5.74) is 0. The van der Waals surface area contributed by atoms with Crippen LogP contribution in [0.25, 0.3) is 0 Å². The molecule has 0 amide bonds. The van der Waals surface area contributed by atoms with E-state index in [9.17, 15) is 22.8 Å². The Morgan fingerprint density at radius 1 is 0.714 bits per heavy atom. The van der Waals surface area contributed by atoms with Gasteiger partial charge < -0.3 is 9.47 Å². The third-order valence-electron chi connectivity index (χ3n) is 4.43. The Bertz CT molecular complexity index is 409. The molecule has 0 unspecified atom stereocenters. The fourth-order valence-corrected chi connectivity index (χ4v) is 2.87. The lowest BCUT2D eigenvalue weighted by Gasteiger charge is -2.07. The van der Waals surface area contributed by atoms with E-state index >= 15 is 0 Å². The molecule has 0 heterocycles. The van der Waals surface area contributed by atoms with Crippen molar-refractivity contribution in [3.8, 4) is 0 Å². The van der Waals surface area contributed by atoms with Gasteiger partial charge in [-0.15, -0.1) is 13.2 Å². The van der Waals surface area contributed by atoms with Crippen LogP contribution >= 0.6 is 0 Å². The van der Waals surface area contributed by atoms with Gasteiger partial charge in [0.1, 0.15) is 0 Å². The number of hydrogen-bond donors (Lipinski definition) is 0. The Kier molecular flexibility index (Phi) is 15.9. The summed E-state index contributed by atoms with van der Waals surface area (Å²) in [5, 5.41) is 0. The van der Waals surface area contributed by atoms with E-state index in [2.05, 4.69) is 18.6 Å². The minimum absolute atomic E-state index is 0.134. The highest BCUT2D eigenvalue weighted by atomic mass is 19.4. The van der Waals surface area contributed by atoms with Crippen LogP contribution in [0.1, 0.15) is 104 Å². The molecule has 28 heavy (non-hydrogen) atoms. The molecule has 0 aliphatic rings. The van der Waals surface area contributed by atoms with Crippen molar-refractivity contribution in [2.45, 2.75) is 110 Å². The number of alkyl halides is 3. The van der Waals surface area contributed by atoms with Crippen molar-refractivity contribution in [1.82, 2.24) is 0 Å². The fourth-order valence-electron chi connectivity index (χ4n) is 2.87. The second-order valence-corrected chi connectivity index (χ2v) is 7.71. The van der Waals surface area contributed by atoms with E-state index in [-0.39, 0.29) is 12.4 Å². The maximum atomic E-state index is 11.8. The monoisotopic (exact) mass is 410 g/mol. The molecule has 0 aliphatic heterocycles. The predicted octanol–water partition coefficient (Wildman–Crippen LogP) is 6.71. The fraction of sp³-hybridized carbons (Fsp3) is 0.905. The first kappa shape index (κ1) is 26.7. The zero-order valence-corrected chi connectivity index (χ0v) is 17.5. The highest BCUT2D eigenvalue weighted by molar-refractivity contribution is 5.69. The lowest BCUT2D eigenvalue weighted by atomic mass is 10.0. The third-order valence-corrected chi connectivity index (χ3v) is 4.43. The maximum Gasteiger partial charge on any atom is 0.575 e. The van der Waals surface area contributed by atoms with Crippen LogP contribution in [0.4, 0.5) is 13.2 Å². The smallest absolute Gasteiger partial charge is 0.466 e. The normalized spacial score (nSPS) is 11.6. The number of rotatable bonds is 17. The first-order valence-electron chi connectivity index (χ1n) is 10.6. The van der Waals surface area contributed by atoms with Gasteiger partial charge >= 0.3 is 18.3 Å². The zero-order chi connectivity index (χ0) is 21.3. The highest BCUT2D eigenvalue weighted by Gasteiger charge is 2.33. The van der Waals surface area contributed by atoms with E-state index < -0.39 is 12.3 Å². The van der Waals surface area contributed by atoms with Crippen LogP contribution in [0.15, 0.2) is 0 Å². The average Bonchev–Trinajstić information content (AvgIpc) is 2.57. The van der Waals surface area contributed by atoms with Crippen molar-refractivity contribution in [1.29, 1.82) is 0 Å². The number of hydrogen-bond acceptors (Lipinski definition) is 4.